The quantitative estimate of drug-likeness (QED) is 0.894. The number of aryl methyl sites for hydroxylation is 2. The summed E-state index contributed by atoms with van der Waals surface area (Å²) in [7, 11) is 0. The van der Waals surface area contributed by atoms with E-state index in [4.69, 9.17) is 0 Å². The van der Waals surface area contributed by atoms with Gasteiger partial charge >= 0.3 is 0 Å². The molecule has 0 bridgehead atoms. The molecule has 2 heterocycles. The molecule has 0 aliphatic carbocycles. The first-order valence-corrected chi connectivity index (χ1v) is 6.70. The summed E-state index contributed by atoms with van der Waals surface area (Å²) in [5, 5.41) is 3.16. The monoisotopic (exact) mass is 273 g/mol. The van der Waals surface area contributed by atoms with Crippen molar-refractivity contribution in [1.82, 2.24) is 19.5 Å². The number of hydrogen-bond donors (Lipinski definition) is 1. The summed E-state index contributed by atoms with van der Waals surface area (Å²) in [4.78, 5) is 24.8. The molecule has 0 radical (unpaired) electrons. The van der Waals surface area contributed by atoms with Crippen LogP contribution in [0.3, 0.4) is 0 Å². The van der Waals surface area contributed by atoms with E-state index in [9.17, 15) is 4.79 Å². The molecule has 0 spiro atoms. The van der Waals surface area contributed by atoms with Crippen molar-refractivity contribution >= 4 is 5.82 Å². The highest BCUT2D eigenvalue weighted by atomic mass is 16.1. The van der Waals surface area contributed by atoms with E-state index in [0.717, 1.165) is 30.2 Å². The lowest BCUT2D eigenvalue weighted by Gasteiger charge is -2.09. The number of hydrogen-bond acceptors (Lipinski definition) is 5. The second-order valence-electron chi connectivity index (χ2n) is 4.69. The lowest BCUT2D eigenvalue weighted by atomic mass is 10.3. The molecule has 0 amide bonds. The molecular weight excluding hydrogens is 254 g/mol. The molecule has 0 aliphatic rings. The van der Waals surface area contributed by atoms with Gasteiger partial charge in [0.2, 0.25) is 0 Å². The summed E-state index contributed by atoms with van der Waals surface area (Å²) < 4.78 is 1.59. The summed E-state index contributed by atoms with van der Waals surface area (Å²) in [5.41, 5.74) is 1.40. The van der Waals surface area contributed by atoms with E-state index in [1.165, 1.54) is 6.07 Å². The van der Waals surface area contributed by atoms with Crippen molar-refractivity contribution in [1.29, 1.82) is 0 Å². The van der Waals surface area contributed by atoms with Gasteiger partial charge in [-0.05, 0) is 20.3 Å². The molecule has 0 aliphatic heterocycles. The largest absolute Gasteiger partial charge is 0.369 e. The van der Waals surface area contributed by atoms with Gasteiger partial charge in [0.25, 0.3) is 5.56 Å². The highest BCUT2D eigenvalue weighted by Gasteiger charge is 2.05. The summed E-state index contributed by atoms with van der Waals surface area (Å²) in [5.74, 6) is 1.44. The second-order valence-corrected chi connectivity index (χ2v) is 4.69. The lowest BCUT2D eigenvalue weighted by Crippen LogP contribution is -2.24. The molecular formula is C14H19N5O. The van der Waals surface area contributed by atoms with Gasteiger partial charge in [0.1, 0.15) is 11.6 Å². The van der Waals surface area contributed by atoms with Crippen LogP contribution >= 0.6 is 0 Å². The Hall–Kier alpha value is -2.24. The predicted molar refractivity (Wildman–Crippen MR) is 77.9 cm³/mol. The molecule has 0 saturated carbocycles. The maximum absolute atomic E-state index is 11.9. The van der Waals surface area contributed by atoms with Gasteiger partial charge in [-0.3, -0.25) is 14.3 Å². The minimum absolute atomic E-state index is 0.0648. The van der Waals surface area contributed by atoms with Gasteiger partial charge in [0.05, 0.1) is 24.6 Å². The number of nitrogens with one attached hydrogen (secondary N) is 1. The fourth-order valence-electron chi connectivity index (χ4n) is 1.90. The summed E-state index contributed by atoms with van der Waals surface area (Å²) in [6.07, 6.45) is 4.41. The zero-order valence-corrected chi connectivity index (χ0v) is 12.1. The Balaban J connectivity index is 2.16. The average Bonchev–Trinajstić information content (AvgIpc) is 2.42. The van der Waals surface area contributed by atoms with Crippen molar-refractivity contribution in [2.75, 3.05) is 11.9 Å². The summed E-state index contributed by atoms with van der Waals surface area (Å²) >= 11 is 0. The standard InChI is InChI=1S/C14H19N5O/c1-4-5-15-13-8-16-12(7-17-13)9-19-11(3)18-10(2)6-14(19)20/h6-8H,4-5,9H2,1-3H3,(H,15,17). The number of rotatable bonds is 5. The van der Waals surface area contributed by atoms with Crippen LogP contribution < -0.4 is 10.9 Å². The molecule has 1 N–H and O–H groups in total. The van der Waals surface area contributed by atoms with Crippen LogP contribution in [0.5, 0.6) is 0 Å². The van der Waals surface area contributed by atoms with Crippen LogP contribution in [0.15, 0.2) is 23.3 Å². The van der Waals surface area contributed by atoms with Crippen LogP contribution in [0.4, 0.5) is 5.82 Å². The predicted octanol–water partition coefficient (Wildman–Crippen LogP) is 1.52. The third-order valence-corrected chi connectivity index (χ3v) is 2.91. The highest BCUT2D eigenvalue weighted by Crippen LogP contribution is 2.03. The van der Waals surface area contributed by atoms with Gasteiger partial charge in [0.15, 0.2) is 0 Å². The fourth-order valence-corrected chi connectivity index (χ4v) is 1.90. The van der Waals surface area contributed by atoms with Crippen molar-refractivity contribution in [2.45, 2.75) is 33.7 Å². The SMILES string of the molecule is CCCNc1cnc(Cn2c(C)nc(C)cc2=O)cn1. The first-order valence-electron chi connectivity index (χ1n) is 6.70. The van der Waals surface area contributed by atoms with Crippen LogP contribution in [0.2, 0.25) is 0 Å². The second kappa shape index (κ2) is 6.27. The van der Waals surface area contributed by atoms with E-state index in [-0.39, 0.29) is 5.56 Å². The number of nitrogens with zero attached hydrogens (tertiary/aromatic N) is 4. The fraction of sp³-hybridized carbons (Fsp3) is 0.429. The van der Waals surface area contributed by atoms with E-state index < -0.39 is 0 Å². The molecule has 0 fully saturated rings. The normalized spacial score (nSPS) is 10.6. The molecule has 0 unspecified atom stereocenters. The van der Waals surface area contributed by atoms with Gasteiger partial charge in [-0.15, -0.1) is 0 Å². The average molecular weight is 273 g/mol. The van der Waals surface area contributed by atoms with Gasteiger partial charge in [0, 0.05) is 18.3 Å². The van der Waals surface area contributed by atoms with E-state index >= 15 is 0 Å². The van der Waals surface area contributed by atoms with Crippen molar-refractivity contribution < 1.29 is 0 Å². The minimum Gasteiger partial charge on any atom is -0.369 e. The number of aromatic nitrogens is 4. The van der Waals surface area contributed by atoms with Crippen molar-refractivity contribution in [3.05, 3.63) is 46.0 Å². The van der Waals surface area contributed by atoms with Crippen LogP contribution in [-0.4, -0.2) is 26.1 Å². The summed E-state index contributed by atoms with van der Waals surface area (Å²) in [6.45, 7) is 6.98. The Morgan fingerprint density at radius 1 is 1.25 bits per heavy atom. The van der Waals surface area contributed by atoms with E-state index in [2.05, 4.69) is 27.2 Å². The van der Waals surface area contributed by atoms with Crippen molar-refractivity contribution in [3.8, 4) is 0 Å². The van der Waals surface area contributed by atoms with Gasteiger partial charge < -0.3 is 5.32 Å². The van der Waals surface area contributed by atoms with Crippen molar-refractivity contribution in [2.24, 2.45) is 0 Å². The smallest absolute Gasteiger partial charge is 0.254 e. The molecule has 0 saturated heterocycles. The molecule has 0 aromatic carbocycles. The first-order chi connectivity index (χ1) is 9.60. The Labute approximate surface area is 117 Å². The molecule has 6 heteroatoms. The van der Waals surface area contributed by atoms with Gasteiger partial charge in [-0.1, -0.05) is 6.92 Å². The molecule has 2 aromatic heterocycles. The topological polar surface area (TPSA) is 72.7 Å². The maximum Gasteiger partial charge on any atom is 0.254 e. The molecule has 0 atom stereocenters. The van der Waals surface area contributed by atoms with Crippen LogP contribution in [0, 0.1) is 13.8 Å². The summed E-state index contributed by atoms with van der Waals surface area (Å²) in [6, 6.07) is 1.53. The minimum atomic E-state index is -0.0648. The van der Waals surface area contributed by atoms with Gasteiger partial charge in [-0.2, -0.15) is 0 Å². The first kappa shape index (κ1) is 14.2. The molecule has 106 valence electrons. The van der Waals surface area contributed by atoms with Crippen LogP contribution in [0.1, 0.15) is 30.6 Å². The molecule has 2 rings (SSSR count). The Morgan fingerprint density at radius 2 is 2.05 bits per heavy atom. The zero-order chi connectivity index (χ0) is 14.5. The van der Waals surface area contributed by atoms with Crippen LogP contribution in [0.25, 0.3) is 0 Å². The Kier molecular flexibility index (Phi) is 4.45. The number of anilines is 1. The Morgan fingerprint density at radius 3 is 2.65 bits per heavy atom. The van der Waals surface area contributed by atoms with E-state index in [1.54, 1.807) is 17.0 Å². The van der Waals surface area contributed by atoms with Gasteiger partial charge in [-0.25, -0.2) is 9.97 Å². The van der Waals surface area contributed by atoms with Crippen molar-refractivity contribution in [3.63, 3.8) is 0 Å². The molecule has 2 aromatic rings. The van der Waals surface area contributed by atoms with E-state index in [0.29, 0.717) is 12.4 Å². The third-order valence-electron chi connectivity index (χ3n) is 2.91. The third kappa shape index (κ3) is 3.40. The molecule has 6 nitrogen and oxygen atoms in total. The zero-order valence-electron chi connectivity index (χ0n) is 12.1. The highest BCUT2D eigenvalue weighted by molar-refractivity contribution is 5.30. The molecule has 20 heavy (non-hydrogen) atoms. The van der Waals surface area contributed by atoms with E-state index in [1.807, 2.05) is 13.8 Å². The Bertz CT molecular complexity index is 633. The lowest BCUT2D eigenvalue weighted by molar-refractivity contribution is 0.678. The maximum atomic E-state index is 11.9. The van der Waals surface area contributed by atoms with Crippen LogP contribution in [-0.2, 0) is 6.54 Å².